The lowest BCUT2D eigenvalue weighted by atomic mass is 10.4. The molecule has 2 unspecified atom stereocenters. The molecule has 6 heteroatoms. The van der Waals surface area contributed by atoms with Crippen LogP contribution in [0, 0.1) is 0 Å². The van der Waals surface area contributed by atoms with Gasteiger partial charge in [-0.3, -0.25) is 9.46 Å². The molecule has 0 radical (unpaired) electrons. The highest BCUT2D eigenvalue weighted by molar-refractivity contribution is 8.68. The molecule has 0 aromatic heterocycles. The SMILES string of the molecule is CCOP(=S)(SC(C)CC)N(C)C=O. The molecule has 0 aromatic carbocycles. The first-order valence-corrected chi connectivity index (χ1v) is 8.77. The summed E-state index contributed by atoms with van der Waals surface area (Å²) in [5.74, 6) is 0. The molecule has 0 N–H and O–H groups in total. The maximum Gasteiger partial charge on any atom is 0.215 e. The minimum atomic E-state index is -2.17. The van der Waals surface area contributed by atoms with Crippen LogP contribution in [-0.4, -0.2) is 30.0 Å². The van der Waals surface area contributed by atoms with Gasteiger partial charge in [-0.25, -0.2) is 0 Å². The molecular weight excluding hydrogens is 237 g/mol. The Bertz CT molecular complexity index is 225. The van der Waals surface area contributed by atoms with Crippen molar-refractivity contribution in [1.82, 2.24) is 4.67 Å². The monoisotopic (exact) mass is 255 g/mol. The first-order chi connectivity index (χ1) is 6.50. The molecule has 0 fully saturated rings. The van der Waals surface area contributed by atoms with Crippen molar-refractivity contribution < 1.29 is 9.32 Å². The predicted octanol–water partition coefficient (Wildman–Crippen LogP) is 2.87. The van der Waals surface area contributed by atoms with Crippen LogP contribution >= 0.6 is 17.0 Å². The van der Waals surface area contributed by atoms with Crippen LogP contribution in [0.2, 0.25) is 0 Å². The van der Waals surface area contributed by atoms with E-state index in [1.807, 2.05) is 6.92 Å². The Morgan fingerprint density at radius 2 is 2.21 bits per heavy atom. The fourth-order valence-electron chi connectivity index (χ4n) is 0.719. The van der Waals surface area contributed by atoms with E-state index in [9.17, 15) is 4.79 Å². The highest BCUT2D eigenvalue weighted by Crippen LogP contribution is 2.63. The molecule has 3 nitrogen and oxygen atoms in total. The summed E-state index contributed by atoms with van der Waals surface area (Å²) in [6.45, 7) is 6.66. The highest BCUT2D eigenvalue weighted by Gasteiger charge is 2.25. The average molecular weight is 255 g/mol. The Kier molecular flexibility index (Phi) is 7.04. The van der Waals surface area contributed by atoms with E-state index in [-0.39, 0.29) is 0 Å². The normalized spacial score (nSPS) is 17.1. The molecule has 1 amide bonds. The van der Waals surface area contributed by atoms with Crippen LogP contribution < -0.4 is 0 Å². The van der Waals surface area contributed by atoms with Crippen LogP contribution in [-0.2, 0) is 21.1 Å². The van der Waals surface area contributed by atoms with Crippen molar-refractivity contribution in [2.45, 2.75) is 32.4 Å². The maximum absolute atomic E-state index is 10.7. The van der Waals surface area contributed by atoms with Gasteiger partial charge in [-0.2, -0.15) is 0 Å². The number of nitrogens with zero attached hydrogens (tertiary/aromatic N) is 1. The minimum Gasteiger partial charge on any atom is -0.327 e. The van der Waals surface area contributed by atoms with E-state index in [1.54, 1.807) is 18.4 Å². The van der Waals surface area contributed by atoms with Gasteiger partial charge in [0.1, 0.15) is 0 Å². The van der Waals surface area contributed by atoms with E-state index >= 15 is 0 Å². The molecule has 0 heterocycles. The summed E-state index contributed by atoms with van der Waals surface area (Å²) in [5.41, 5.74) is -2.17. The molecule has 0 spiro atoms. The molecule has 0 bridgehead atoms. The van der Waals surface area contributed by atoms with Crippen LogP contribution in [0.4, 0.5) is 0 Å². The topological polar surface area (TPSA) is 29.5 Å². The van der Waals surface area contributed by atoms with Crippen molar-refractivity contribution >= 4 is 35.2 Å². The molecule has 0 rings (SSSR count). The number of amides is 1. The van der Waals surface area contributed by atoms with Crippen molar-refractivity contribution in [2.75, 3.05) is 13.7 Å². The van der Waals surface area contributed by atoms with Crippen molar-refractivity contribution in [3.05, 3.63) is 0 Å². The third-order valence-electron chi connectivity index (χ3n) is 1.72. The second kappa shape index (κ2) is 6.83. The Morgan fingerprint density at radius 1 is 1.64 bits per heavy atom. The zero-order chi connectivity index (χ0) is 11.2. The fraction of sp³-hybridized carbons (Fsp3) is 0.875. The van der Waals surface area contributed by atoms with Crippen LogP contribution in [0.3, 0.4) is 0 Å². The molecule has 0 aliphatic carbocycles. The lowest BCUT2D eigenvalue weighted by molar-refractivity contribution is -0.113. The summed E-state index contributed by atoms with van der Waals surface area (Å²) in [7, 11) is 1.69. The summed E-state index contributed by atoms with van der Waals surface area (Å²) >= 11 is 7.01. The minimum absolute atomic E-state index is 0.426. The zero-order valence-electron chi connectivity index (χ0n) is 9.10. The molecule has 0 saturated heterocycles. The van der Waals surface area contributed by atoms with Gasteiger partial charge >= 0.3 is 0 Å². The molecule has 2 atom stereocenters. The van der Waals surface area contributed by atoms with Crippen molar-refractivity contribution in [2.24, 2.45) is 0 Å². The van der Waals surface area contributed by atoms with Gasteiger partial charge in [0.2, 0.25) is 12.0 Å². The van der Waals surface area contributed by atoms with Crippen LogP contribution in [0.5, 0.6) is 0 Å². The van der Waals surface area contributed by atoms with E-state index in [1.165, 1.54) is 4.67 Å². The second-order valence-corrected chi connectivity index (χ2v) is 10.0. The summed E-state index contributed by atoms with van der Waals surface area (Å²) in [6, 6.07) is 0. The average Bonchev–Trinajstić information content (AvgIpc) is 2.16. The summed E-state index contributed by atoms with van der Waals surface area (Å²) in [6.07, 6.45) is 1.79. The quantitative estimate of drug-likeness (QED) is 0.517. The third-order valence-corrected chi connectivity index (χ3v) is 8.96. The molecule has 14 heavy (non-hydrogen) atoms. The largest absolute Gasteiger partial charge is 0.327 e. The highest BCUT2D eigenvalue weighted by atomic mass is 32.9. The molecule has 0 saturated carbocycles. The van der Waals surface area contributed by atoms with Crippen molar-refractivity contribution in [3.8, 4) is 0 Å². The predicted molar refractivity (Wildman–Crippen MR) is 67.1 cm³/mol. The molecule has 0 aliphatic rings. The number of carbonyl (C=O) groups excluding carboxylic acids is 1. The number of rotatable bonds is 7. The van der Waals surface area contributed by atoms with Crippen LogP contribution in [0.15, 0.2) is 0 Å². The van der Waals surface area contributed by atoms with Crippen molar-refractivity contribution in [1.29, 1.82) is 0 Å². The van der Waals surface area contributed by atoms with Gasteiger partial charge in [0.15, 0.2) is 0 Å². The van der Waals surface area contributed by atoms with Gasteiger partial charge in [0, 0.05) is 12.3 Å². The maximum atomic E-state index is 10.7. The summed E-state index contributed by atoms with van der Waals surface area (Å²) in [5, 5.41) is 0.426. The lowest BCUT2D eigenvalue weighted by Gasteiger charge is -2.29. The second-order valence-electron chi connectivity index (χ2n) is 2.89. The van der Waals surface area contributed by atoms with E-state index in [2.05, 4.69) is 13.8 Å². The van der Waals surface area contributed by atoms with Gasteiger partial charge in [0.25, 0.3) is 0 Å². The zero-order valence-corrected chi connectivity index (χ0v) is 11.6. The Balaban J connectivity index is 4.54. The lowest BCUT2D eigenvalue weighted by Crippen LogP contribution is -2.14. The Labute approximate surface area is 95.5 Å². The Hall–Kier alpha value is 0.430. The summed E-state index contributed by atoms with van der Waals surface area (Å²) in [4.78, 5) is 10.7. The summed E-state index contributed by atoms with van der Waals surface area (Å²) < 4.78 is 7.04. The molecular formula is C8H18NO2PS2. The van der Waals surface area contributed by atoms with E-state index in [0.717, 1.165) is 12.8 Å². The standard InChI is InChI=1S/C8H18NO2PS2/c1-5-8(3)14-12(13,11-6-2)9(4)7-10/h7-8H,5-6H2,1-4H3. The number of carbonyl (C=O) groups is 1. The Morgan fingerprint density at radius 3 is 2.57 bits per heavy atom. The molecule has 0 aliphatic heterocycles. The molecule has 84 valence electrons. The third kappa shape index (κ3) is 4.30. The fourth-order valence-corrected chi connectivity index (χ4v) is 6.78. The first-order valence-electron chi connectivity index (χ1n) is 4.61. The van der Waals surface area contributed by atoms with E-state index < -0.39 is 5.62 Å². The number of hydrogen-bond acceptors (Lipinski definition) is 4. The van der Waals surface area contributed by atoms with Crippen LogP contribution in [0.1, 0.15) is 27.2 Å². The van der Waals surface area contributed by atoms with Gasteiger partial charge in [-0.15, -0.1) is 0 Å². The van der Waals surface area contributed by atoms with Gasteiger partial charge < -0.3 is 4.52 Å². The van der Waals surface area contributed by atoms with Crippen LogP contribution in [0.25, 0.3) is 0 Å². The number of hydrogen-bond donors (Lipinski definition) is 0. The van der Waals surface area contributed by atoms with Gasteiger partial charge in [-0.05, 0) is 25.2 Å². The van der Waals surface area contributed by atoms with Crippen molar-refractivity contribution in [3.63, 3.8) is 0 Å². The van der Waals surface area contributed by atoms with Gasteiger partial charge in [-0.1, -0.05) is 25.2 Å². The first kappa shape index (κ1) is 14.4. The smallest absolute Gasteiger partial charge is 0.215 e. The van der Waals surface area contributed by atoms with E-state index in [0.29, 0.717) is 11.9 Å². The van der Waals surface area contributed by atoms with Gasteiger partial charge in [0.05, 0.1) is 6.61 Å². The molecule has 0 aromatic rings. The van der Waals surface area contributed by atoms with E-state index in [4.69, 9.17) is 16.3 Å².